The predicted molar refractivity (Wildman–Crippen MR) is 296 cm³/mol. The van der Waals surface area contributed by atoms with Crippen molar-refractivity contribution < 1.29 is 47.3 Å². The molecule has 4 aromatic rings. The van der Waals surface area contributed by atoms with Crippen LogP contribution in [0, 0.1) is 17.7 Å². The number of thiophene rings is 1. The molecule has 0 spiro atoms. The lowest BCUT2D eigenvalue weighted by atomic mass is 9.85. The molecule has 4 amide bonds. The lowest BCUT2D eigenvalue weighted by molar-refractivity contribution is -0.138. The maximum atomic E-state index is 17.2. The van der Waals surface area contributed by atoms with Crippen LogP contribution in [-0.4, -0.2) is 126 Å². The molecule has 8 aliphatic rings. The van der Waals surface area contributed by atoms with Crippen molar-refractivity contribution >= 4 is 68.8 Å². The number of fused-ring (bicyclic) bond motifs is 5. The van der Waals surface area contributed by atoms with Gasteiger partial charge in [-0.3, -0.25) is 24.1 Å². The summed E-state index contributed by atoms with van der Waals surface area (Å²) in [6.45, 7) is 9.12. The Morgan fingerprint density at radius 3 is 1.76 bits per heavy atom. The van der Waals surface area contributed by atoms with Gasteiger partial charge in [-0.05, 0) is 174 Å². The highest BCUT2D eigenvalue weighted by Gasteiger charge is 2.45. The molecule has 16 nitrogen and oxygen atoms in total. The van der Waals surface area contributed by atoms with E-state index in [1.807, 2.05) is 49.8 Å². The van der Waals surface area contributed by atoms with Crippen LogP contribution in [0.4, 0.5) is 14.0 Å². The summed E-state index contributed by atoms with van der Waals surface area (Å²) in [5.41, 5.74) is 7.31. The van der Waals surface area contributed by atoms with Crippen LogP contribution in [-0.2, 0) is 28.5 Å². The molecule has 12 rings (SSSR count). The standard InChI is InChI=1S/C60H70FN7O9S/c1-31-19-39(20-32(2)75-31)54(64-59(71)73-5)56(69)66-17-7-9-47(66)44-25-41(29-62-44)36-13-14-46-38(23-36)27-49-53-43(61)24-37(28-50(53)77-58(68(46)49)52-16-15-51(78-52)35-11-12-35)42-26-45(63-30-42)48-10-8-18-67(48)57(70)55(65-60(72)74-6)40-21-33(3)76-34(4)22-40/h13-16,23-24,27-35,39-40,47-48,54-55,58H,7-12,17-22,25-26H2,1-6H3,(H,64,71)(H,65,72)/t31-,32+,33-,34+,39?,40?,47-,48-,54?,55?,58?/m0/s1. The van der Waals surface area contributed by atoms with Gasteiger partial charge in [0.25, 0.3) is 0 Å². The van der Waals surface area contributed by atoms with Gasteiger partial charge < -0.3 is 44.1 Å². The molecule has 1 aliphatic carbocycles. The van der Waals surface area contributed by atoms with Crippen LogP contribution in [0.5, 0.6) is 5.75 Å². The van der Waals surface area contributed by atoms with Crippen LogP contribution in [0.2, 0.25) is 0 Å². The summed E-state index contributed by atoms with van der Waals surface area (Å²) >= 11 is 1.76. The van der Waals surface area contributed by atoms with Crippen molar-refractivity contribution in [1.29, 1.82) is 0 Å². The van der Waals surface area contributed by atoms with E-state index < -0.39 is 36.3 Å². The third-order valence-corrected chi connectivity index (χ3v) is 18.7. The molecule has 5 fully saturated rings. The van der Waals surface area contributed by atoms with Gasteiger partial charge >= 0.3 is 12.2 Å². The van der Waals surface area contributed by atoms with Crippen LogP contribution in [0.1, 0.15) is 138 Å². The van der Waals surface area contributed by atoms with Gasteiger partial charge in [0.05, 0.1) is 72.4 Å². The summed E-state index contributed by atoms with van der Waals surface area (Å²) in [4.78, 5) is 70.3. The molecular formula is C60H70FN7O9S. The van der Waals surface area contributed by atoms with Gasteiger partial charge in [0.1, 0.15) is 23.7 Å². The first-order chi connectivity index (χ1) is 37.7. The number of allylic oxidation sites excluding steroid dienone is 2. The third kappa shape index (κ3) is 10.1. The second kappa shape index (κ2) is 21.4. The molecule has 0 bridgehead atoms. The lowest BCUT2D eigenvalue weighted by Crippen LogP contribution is -2.56. The molecule has 412 valence electrons. The van der Waals surface area contributed by atoms with Gasteiger partial charge in [-0.1, -0.05) is 6.07 Å². The first-order valence-electron chi connectivity index (χ1n) is 28.1. The zero-order valence-electron chi connectivity index (χ0n) is 45.3. The van der Waals surface area contributed by atoms with E-state index in [0.717, 1.165) is 75.3 Å². The summed E-state index contributed by atoms with van der Waals surface area (Å²) < 4.78 is 48.3. The SMILES string of the molecule is COC(=O)NC(C(=O)N1CCC[C@H]1C1=NC=C(c2cc(F)c3c(c2)OC(c2ccc(C4CC4)s2)n2c-3cc3cc(C4=CN=C([C@@H]5CCCN5C(=O)C(NC(=O)OC)C5C[C@@H](C)O[C@@H](C)C5)C4)ccc32)C1)C1C[C@@H](C)O[C@@H](C)C1. The summed E-state index contributed by atoms with van der Waals surface area (Å²) in [6, 6.07) is 14.3. The Labute approximate surface area is 458 Å². The third-order valence-electron chi connectivity index (χ3n) is 17.5. The van der Waals surface area contributed by atoms with Crippen LogP contribution in [0.3, 0.4) is 0 Å². The number of nitrogens with one attached hydrogen (secondary N) is 2. The average Bonchev–Trinajstić information content (AvgIpc) is 4.36. The highest BCUT2D eigenvalue weighted by Crippen LogP contribution is 2.51. The van der Waals surface area contributed by atoms with E-state index in [0.29, 0.717) is 74.4 Å². The Hall–Kier alpha value is -6.37. The summed E-state index contributed by atoms with van der Waals surface area (Å²) in [7, 11) is 2.62. The minimum Gasteiger partial charge on any atom is -0.464 e. The summed E-state index contributed by atoms with van der Waals surface area (Å²) in [5, 5.41) is 6.70. The lowest BCUT2D eigenvalue weighted by Gasteiger charge is -2.38. The molecule has 2 N–H and O–H groups in total. The Morgan fingerprint density at radius 2 is 1.22 bits per heavy atom. The van der Waals surface area contributed by atoms with Gasteiger partial charge in [0, 0.05) is 60.0 Å². The van der Waals surface area contributed by atoms with E-state index in [4.69, 9.17) is 33.7 Å². The van der Waals surface area contributed by atoms with Crippen molar-refractivity contribution in [2.24, 2.45) is 21.8 Å². The average molecular weight is 1080 g/mol. The Kier molecular flexibility index (Phi) is 14.3. The molecule has 18 heteroatoms. The number of hydrogen-bond acceptors (Lipinski definition) is 12. The van der Waals surface area contributed by atoms with E-state index in [-0.39, 0.29) is 60.1 Å². The van der Waals surface area contributed by atoms with Crippen LogP contribution in [0.15, 0.2) is 70.9 Å². The molecule has 1 saturated carbocycles. The largest absolute Gasteiger partial charge is 0.464 e. The Morgan fingerprint density at radius 1 is 0.679 bits per heavy atom. The van der Waals surface area contributed by atoms with E-state index in [2.05, 4.69) is 51.6 Å². The number of hydrogen-bond donors (Lipinski definition) is 2. The minimum atomic E-state index is -0.769. The number of methoxy groups -OCH3 is 2. The zero-order chi connectivity index (χ0) is 54.1. The van der Waals surface area contributed by atoms with Gasteiger partial charge in [0.2, 0.25) is 18.0 Å². The van der Waals surface area contributed by atoms with Gasteiger partial charge in [-0.2, -0.15) is 0 Å². The second-order valence-electron chi connectivity index (χ2n) is 23.0. The van der Waals surface area contributed by atoms with Gasteiger partial charge in [-0.15, -0.1) is 11.3 Å². The number of aliphatic imine (C=N–C) groups is 2. The fourth-order valence-corrected chi connectivity index (χ4v) is 15.0. The molecule has 5 unspecified atom stereocenters. The Balaban J connectivity index is 0.792. The molecule has 2 aromatic carbocycles. The number of benzene rings is 2. The molecular weight excluding hydrogens is 1010 g/mol. The quantitative estimate of drug-likeness (QED) is 0.140. The topological polar surface area (TPSA) is 175 Å². The molecule has 0 radical (unpaired) electrons. The number of alkyl carbamates (subject to hydrolysis) is 2. The highest BCUT2D eigenvalue weighted by molar-refractivity contribution is 7.12. The number of nitrogens with zero attached hydrogens (tertiary/aromatic N) is 5. The molecule has 11 atom stereocenters. The molecule has 4 saturated heterocycles. The van der Waals surface area contributed by atoms with Crippen molar-refractivity contribution in [2.75, 3.05) is 27.3 Å². The summed E-state index contributed by atoms with van der Waals surface area (Å²) in [6.07, 6.45) is 10.8. The number of rotatable bonds is 12. The van der Waals surface area contributed by atoms with Crippen molar-refractivity contribution in [3.63, 3.8) is 0 Å². The number of aromatic nitrogens is 1. The van der Waals surface area contributed by atoms with Crippen LogP contribution >= 0.6 is 11.3 Å². The summed E-state index contributed by atoms with van der Waals surface area (Å²) in [5.74, 6) is 0.122. The fraction of sp³-hybridized carbons (Fsp3) is 0.533. The minimum absolute atomic E-state index is 0.0373. The zero-order valence-corrected chi connectivity index (χ0v) is 46.1. The first kappa shape index (κ1) is 52.3. The second-order valence-corrected chi connectivity index (χ2v) is 24.1. The molecule has 78 heavy (non-hydrogen) atoms. The molecule has 7 aliphatic heterocycles. The molecule has 2 aromatic heterocycles. The number of halogens is 1. The van der Waals surface area contributed by atoms with Gasteiger partial charge in [0.15, 0.2) is 0 Å². The van der Waals surface area contributed by atoms with Crippen LogP contribution in [0.25, 0.3) is 33.3 Å². The fourth-order valence-electron chi connectivity index (χ4n) is 13.8. The normalized spacial score (nSPS) is 28.4. The first-order valence-corrected chi connectivity index (χ1v) is 28.9. The molecule has 9 heterocycles. The van der Waals surface area contributed by atoms with E-state index in [1.54, 1.807) is 23.6 Å². The Bertz CT molecular complexity index is 3160. The van der Waals surface area contributed by atoms with Crippen molar-refractivity contribution in [2.45, 2.75) is 165 Å². The van der Waals surface area contributed by atoms with Gasteiger partial charge in [-0.25, -0.2) is 14.0 Å². The predicted octanol–water partition coefficient (Wildman–Crippen LogP) is 10.5. The maximum Gasteiger partial charge on any atom is 0.407 e. The van der Waals surface area contributed by atoms with E-state index in [9.17, 15) is 19.2 Å². The van der Waals surface area contributed by atoms with Crippen molar-refractivity contribution in [1.82, 2.24) is 25.0 Å². The van der Waals surface area contributed by atoms with E-state index >= 15 is 4.39 Å². The van der Waals surface area contributed by atoms with Crippen molar-refractivity contribution in [3.8, 4) is 17.0 Å². The number of carbonyl (C=O) groups is 4. The monoisotopic (exact) mass is 1080 g/mol. The smallest absolute Gasteiger partial charge is 0.407 e. The van der Waals surface area contributed by atoms with Crippen molar-refractivity contribution in [3.05, 3.63) is 87.6 Å². The maximum absolute atomic E-state index is 17.2. The van der Waals surface area contributed by atoms with E-state index in [1.165, 1.54) is 31.9 Å². The number of amides is 4. The number of carbonyl (C=O) groups excluding carboxylic acids is 4. The van der Waals surface area contributed by atoms with Crippen LogP contribution < -0.4 is 15.4 Å². The number of likely N-dealkylation sites (tertiary alicyclic amines) is 2. The number of ether oxygens (including phenoxy) is 5. The highest BCUT2D eigenvalue weighted by atomic mass is 32.1.